The molecular weight excluding hydrogens is 406 g/mol. The summed E-state index contributed by atoms with van der Waals surface area (Å²) in [7, 11) is 0. The Kier molecular flexibility index (Phi) is 6.92. The van der Waals surface area contributed by atoms with Gasteiger partial charge in [0.15, 0.2) is 0 Å². The number of urea groups is 1. The molecule has 0 bridgehead atoms. The minimum absolute atomic E-state index is 0.00702. The quantitative estimate of drug-likeness (QED) is 0.621. The van der Waals surface area contributed by atoms with Crippen LogP contribution in [-0.4, -0.2) is 25.0 Å². The summed E-state index contributed by atoms with van der Waals surface area (Å²) in [6, 6.07) is 8.15. The average Bonchev–Trinajstić information content (AvgIpc) is 2.60. The van der Waals surface area contributed by atoms with Crippen LogP contribution in [0.25, 0.3) is 0 Å². The first-order chi connectivity index (χ1) is 12.7. The molecule has 0 unspecified atom stereocenters. The van der Waals surface area contributed by atoms with E-state index in [-0.39, 0.29) is 29.4 Å². The molecule has 0 aromatic heterocycles. The molecule has 27 heavy (non-hydrogen) atoms. The number of amides is 3. The molecule has 0 spiro atoms. The maximum atomic E-state index is 12.9. The zero-order chi connectivity index (χ0) is 20.0. The molecule has 2 rings (SSSR count). The normalized spacial score (nSPS) is 11.0. The van der Waals surface area contributed by atoms with Crippen molar-refractivity contribution in [1.82, 2.24) is 10.6 Å². The topological polar surface area (TPSA) is 70.2 Å². The Hall–Kier alpha value is -2.45. The fraction of sp³-hybridized carbons (Fsp3) is 0.176. The van der Waals surface area contributed by atoms with Crippen molar-refractivity contribution in [3.8, 4) is 0 Å². The molecule has 0 heterocycles. The van der Waals surface area contributed by atoms with Crippen molar-refractivity contribution in [2.75, 3.05) is 18.4 Å². The van der Waals surface area contributed by atoms with Crippen LogP contribution in [0.1, 0.15) is 15.9 Å². The number of nitrogens with one attached hydrogen (secondary N) is 3. The van der Waals surface area contributed by atoms with E-state index < -0.39 is 23.7 Å². The molecule has 144 valence electrons. The van der Waals surface area contributed by atoms with Crippen molar-refractivity contribution in [2.45, 2.75) is 6.18 Å². The van der Waals surface area contributed by atoms with Crippen LogP contribution in [0.3, 0.4) is 0 Å². The van der Waals surface area contributed by atoms with E-state index >= 15 is 0 Å². The van der Waals surface area contributed by atoms with Crippen LogP contribution in [-0.2, 0) is 6.18 Å². The summed E-state index contributed by atoms with van der Waals surface area (Å²) in [6.45, 7) is 0.0699. The summed E-state index contributed by atoms with van der Waals surface area (Å²) in [6.07, 6.45) is -4.59. The molecule has 0 atom stereocenters. The molecule has 0 fully saturated rings. The van der Waals surface area contributed by atoms with Crippen LogP contribution in [0.4, 0.5) is 23.7 Å². The Balaban J connectivity index is 1.82. The van der Waals surface area contributed by atoms with Gasteiger partial charge in [0, 0.05) is 18.7 Å². The maximum Gasteiger partial charge on any atom is 0.418 e. The highest BCUT2D eigenvalue weighted by Crippen LogP contribution is 2.34. The van der Waals surface area contributed by atoms with Crippen molar-refractivity contribution in [2.24, 2.45) is 0 Å². The number of alkyl halides is 3. The van der Waals surface area contributed by atoms with Crippen LogP contribution in [0.15, 0.2) is 42.5 Å². The number of carbonyl (C=O) groups excluding carboxylic acids is 2. The van der Waals surface area contributed by atoms with E-state index in [4.69, 9.17) is 23.2 Å². The molecule has 2 aromatic rings. The lowest BCUT2D eigenvalue weighted by atomic mass is 10.1. The van der Waals surface area contributed by atoms with Gasteiger partial charge in [-0.25, -0.2) is 4.79 Å². The number of rotatable bonds is 5. The summed E-state index contributed by atoms with van der Waals surface area (Å²) < 4.78 is 38.6. The highest BCUT2D eigenvalue weighted by molar-refractivity contribution is 6.42. The van der Waals surface area contributed by atoms with Gasteiger partial charge >= 0.3 is 12.2 Å². The first kappa shape index (κ1) is 20.9. The Morgan fingerprint density at radius 1 is 0.926 bits per heavy atom. The van der Waals surface area contributed by atoms with Gasteiger partial charge in [-0.15, -0.1) is 0 Å². The van der Waals surface area contributed by atoms with Gasteiger partial charge in [-0.3, -0.25) is 4.79 Å². The number of carbonyl (C=O) groups is 2. The van der Waals surface area contributed by atoms with Crippen molar-refractivity contribution in [1.29, 1.82) is 0 Å². The van der Waals surface area contributed by atoms with Crippen molar-refractivity contribution < 1.29 is 22.8 Å². The van der Waals surface area contributed by atoms with Gasteiger partial charge in [0.1, 0.15) is 0 Å². The van der Waals surface area contributed by atoms with E-state index in [0.717, 1.165) is 12.1 Å². The van der Waals surface area contributed by atoms with Gasteiger partial charge in [0.05, 0.1) is 21.3 Å². The van der Waals surface area contributed by atoms with Crippen LogP contribution < -0.4 is 16.0 Å². The molecule has 0 aliphatic carbocycles. The summed E-state index contributed by atoms with van der Waals surface area (Å²) in [5.74, 6) is -0.432. The SMILES string of the molecule is O=C(NCCNC(=O)c1ccc(Cl)c(Cl)c1)Nc1ccccc1C(F)(F)F. The van der Waals surface area contributed by atoms with Gasteiger partial charge in [-0.1, -0.05) is 35.3 Å². The molecule has 0 radical (unpaired) electrons. The maximum absolute atomic E-state index is 12.9. The van der Waals surface area contributed by atoms with E-state index in [9.17, 15) is 22.8 Å². The van der Waals surface area contributed by atoms with Gasteiger partial charge in [0.25, 0.3) is 5.91 Å². The van der Waals surface area contributed by atoms with Gasteiger partial charge < -0.3 is 16.0 Å². The first-order valence-corrected chi connectivity index (χ1v) is 8.38. The fourth-order valence-electron chi connectivity index (χ4n) is 2.10. The lowest BCUT2D eigenvalue weighted by Gasteiger charge is -2.14. The summed E-state index contributed by atoms with van der Waals surface area (Å²) in [5, 5.41) is 7.57. The fourth-order valence-corrected chi connectivity index (χ4v) is 2.40. The highest BCUT2D eigenvalue weighted by atomic mass is 35.5. The number of hydrogen-bond acceptors (Lipinski definition) is 2. The van der Waals surface area contributed by atoms with Crippen molar-refractivity contribution in [3.05, 3.63) is 63.6 Å². The third-order valence-electron chi connectivity index (χ3n) is 3.36. The van der Waals surface area contributed by atoms with Crippen LogP contribution in [0.2, 0.25) is 10.0 Å². The Bertz CT molecular complexity index is 844. The number of hydrogen-bond donors (Lipinski definition) is 3. The lowest BCUT2D eigenvalue weighted by molar-refractivity contribution is -0.136. The predicted octanol–water partition coefficient (Wildman–Crippen LogP) is 4.56. The second-order valence-corrected chi connectivity index (χ2v) is 6.12. The Labute approximate surface area is 162 Å². The molecule has 10 heteroatoms. The van der Waals surface area contributed by atoms with E-state index in [1.54, 1.807) is 0 Å². The van der Waals surface area contributed by atoms with Crippen LogP contribution in [0.5, 0.6) is 0 Å². The Morgan fingerprint density at radius 2 is 1.59 bits per heavy atom. The van der Waals surface area contributed by atoms with E-state index in [1.165, 1.54) is 30.3 Å². The Morgan fingerprint density at radius 3 is 2.26 bits per heavy atom. The minimum atomic E-state index is -4.59. The van der Waals surface area contributed by atoms with Crippen LogP contribution in [0, 0.1) is 0 Å². The van der Waals surface area contributed by atoms with Crippen molar-refractivity contribution >= 4 is 40.8 Å². The third kappa shape index (κ3) is 6.04. The minimum Gasteiger partial charge on any atom is -0.350 e. The average molecular weight is 420 g/mol. The smallest absolute Gasteiger partial charge is 0.350 e. The molecule has 0 aliphatic heterocycles. The monoisotopic (exact) mass is 419 g/mol. The number of halogens is 5. The first-order valence-electron chi connectivity index (χ1n) is 7.63. The zero-order valence-corrected chi connectivity index (χ0v) is 15.2. The molecule has 5 nitrogen and oxygen atoms in total. The number of para-hydroxylation sites is 1. The summed E-state index contributed by atoms with van der Waals surface area (Å²) in [4.78, 5) is 23.7. The van der Waals surface area contributed by atoms with Crippen LogP contribution >= 0.6 is 23.2 Å². The van der Waals surface area contributed by atoms with Gasteiger partial charge in [0.2, 0.25) is 0 Å². The predicted molar refractivity (Wildman–Crippen MR) is 97.3 cm³/mol. The van der Waals surface area contributed by atoms with Crippen molar-refractivity contribution in [3.63, 3.8) is 0 Å². The largest absolute Gasteiger partial charge is 0.418 e. The molecule has 2 aromatic carbocycles. The number of benzene rings is 2. The van der Waals surface area contributed by atoms with E-state index in [1.807, 2.05) is 0 Å². The highest BCUT2D eigenvalue weighted by Gasteiger charge is 2.33. The molecule has 3 N–H and O–H groups in total. The summed E-state index contributed by atoms with van der Waals surface area (Å²) >= 11 is 11.6. The lowest BCUT2D eigenvalue weighted by Crippen LogP contribution is -2.37. The molecule has 0 saturated carbocycles. The second kappa shape index (κ2) is 8.96. The number of anilines is 1. The third-order valence-corrected chi connectivity index (χ3v) is 4.10. The molecule has 3 amide bonds. The molecule has 0 aliphatic rings. The standard InChI is InChI=1S/C17H14Cl2F3N3O2/c18-12-6-5-10(9-13(12)19)15(26)23-7-8-24-16(27)25-14-4-2-1-3-11(14)17(20,21)22/h1-6,9H,7-8H2,(H,23,26)(H2,24,25,27). The molecular formula is C17H14Cl2F3N3O2. The summed E-state index contributed by atoms with van der Waals surface area (Å²) in [5.41, 5.74) is -1.02. The van der Waals surface area contributed by atoms with Gasteiger partial charge in [-0.05, 0) is 30.3 Å². The molecule has 0 saturated heterocycles. The van der Waals surface area contributed by atoms with E-state index in [2.05, 4.69) is 16.0 Å². The zero-order valence-electron chi connectivity index (χ0n) is 13.7. The van der Waals surface area contributed by atoms with Gasteiger partial charge in [-0.2, -0.15) is 13.2 Å². The second-order valence-electron chi connectivity index (χ2n) is 5.31. The van der Waals surface area contributed by atoms with E-state index in [0.29, 0.717) is 5.02 Å².